The van der Waals surface area contributed by atoms with E-state index in [-0.39, 0.29) is 6.03 Å². The Morgan fingerprint density at radius 2 is 1.86 bits per heavy atom. The lowest BCUT2D eigenvalue weighted by molar-refractivity contribution is 0.199. The Morgan fingerprint density at radius 3 is 2.38 bits per heavy atom. The molecule has 0 aliphatic heterocycles. The van der Waals surface area contributed by atoms with Crippen molar-refractivity contribution in [2.75, 3.05) is 5.32 Å². The van der Waals surface area contributed by atoms with E-state index in [0.717, 1.165) is 30.0 Å². The minimum Gasteiger partial charge on any atom is -0.389 e. The minimum absolute atomic E-state index is 0.139. The van der Waals surface area contributed by atoms with Gasteiger partial charge >= 0.3 is 6.03 Å². The molecule has 2 rings (SSSR count). The van der Waals surface area contributed by atoms with Gasteiger partial charge in [0.05, 0.1) is 6.10 Å². The summed E-state index contributed by atoms with van der Waals surface area (Å²) < 4.78 is 0. The largest absolute Gasteiger partial charge is 0.389 e. The molecule has 0 heterocycles. The summed E-state index contributed by atoms with van der Waals surface area (Å²) in [6, 6.07) is 7.44. The molecule has 1 aliphatic carbocycles. The number of nitrogens with one attached hydrogen (secondary N) is 2. The minimum atomic E-state index is -0.485. The third-order valence-corrected chi connectivity index (χ3v) is 4.41. The third-order valence-electron chi connectivity index (χ3n) is 4.41. The summed E-state index contributed by atoms with van der Waals surface area (Å²) in [5.74, 6) is 0.833. The maximum atomic E-state index is 12.0. The third kappa shape index (κ3) is 4.74. The first-order valence-electron chi connectivity index (χ1n) is 7.94. The van der Waals surface area contributed by atoms with Crippen molar-refractivity contribution in [2.24, 2.45) is 5.92 Å². The SMILES string of the molecule is CCC1CCC(NC(=O)Nc2ccc(C(C)O)cc2)CC1. The lowest BCUT2D eigenvalue weighted by Crippen LogP contribution is -2.40. The molecule has 1 atom stereocenters. The van der Waals surface area contributed by atoms with Gasteiger partial charge in [0.1, 0.15) is 0 Å². The van der Waals surface area contributed by atoms with Crippen LogP contribution in [0.5, 0.6) is 0 Å². The molecule has 1 unspecified atom stereocenters. The van der Waals surface area contributed by atoms with Gasteiger partial charge in [0, 0.05) is 11.7 Å². The number of carbonyl (C=O) groups is 1. The number of urea groups is 1. The maximum absolute atomic E-state index is 12.0. The number of anilines is 1. The van der Waals surface area contributed by atoms with Crippen molar-refractivity contribution in [1.29, 1.82) is 0 Å². The first-order chi connectivity index (χ1) is 10.1. The summed E-state index contributed by atoms with van der Waals surface area (Å²) in [4.78, 5) is 12.0. The fraction of sp³-hybridized carbons (Fsp3) is 0.588. The van der Waals surface area contributed by atoms with E-state index in [1.54, 1.807) is 6.92 Å². The molecule has 0 spiro atoms. The Morgan fingerprint density at radius 1 is 1.24 bits per heavy atom. The zero-order valence-corrected chi connectivity index (χ0v) is 12.9. The number of hydrogen-bond acceptors (Lipinski definition) is 2. The molecular weight excluding hydrogens is 264 g/mol. The summed E-state index contributed by atoms with van der Waals surface area (Å²) in [5, 5.41) is 15.4. The zero-order valence-electron chi connectivity index (χ0n) is 12.9. The number of amides is 2. The molecule has 1 aromatic carbocycles. The second-order valence-corrected chi connectivity index (χ2v) is 6.02. The van der Waals surface area contributed by atoms with Gasteiger partial charge in [0.25, 0.3) is 0 Å². The summed E-state index contributed by atoms with van der Waals surface area (Å²) in [6.07, 6.45) is 5.34. The van der Waals surface area contributed by atoms with Crippen LogP contribution in [0.2, 0.25) is 0 Å². The van der Waals surface area contributed by atoms with E-state index in [9.17, 15) is 9.90 Å². The zero-order chi connectivity index (χ0) is 15.2. The van der Waals surface area contributed by atoms with Crippen molar-refractivity contribution in [2.45, 2.75) is 58.1 Å². The molecule has 3 N–H and O–H groups in total. The standard InChI is InChI=1S/C17H26N2O2/c1-3-13-4-8-15(9-5-13)18-17(21)19-16-10-6-14(7-11-16)12(2)20/h6-7,10-13,15,20H,3-5,8-9H2,1-2H3,(H2,18,19,21). The van der Waals surface area contributed by atoms with Crippen molar-refractivity contribution in [3.63, 3.8) is 0 Å². The first-order valence-corrected chi connectivity index (χ1v) is 7.94. The average Bonchev–Trinajstić information content (AvgIpc) is 2.48. The maximum Gasteiger partial charge on any atom is 0.319 e. The molecule has 0 aromatic heterocycles. The highest BCUT2D eigenvalue weighted by Gasteiger charge is 2.21. The molecule has 1 aromatic rings. The summed E-state index contributed by atoms with van der Waals surface area (Å²) in [7, 11) is 0. The lowest BCUT2D eigenvalue weighted by Gasteiger charge is -2.28. The fourth-order valence-electron chi connectivity index (χ4n) is 2.91. The molecule has 0 saturated heterocycles. The van der Waals surface area contributed by atoms with Gasteiger partial charge in [-0.3, -0.25) is 0 Å². The van der Waals surface area contributed by atoms with Crippen molar-refractivity contribution in [3.8, 4) is 0 Å². The van der Waals surface area contributed by atoms with Crippen LogP contribution in [0.25, 0.3) is 0 Å². The fourth-order valence-corrected chi connectivity index (χ4v) is 2.91. The average molecular weight is 290 g/mol. The molecule has 4 nitrogen and oxygen atoms in total. The van der Waals surface area contributed by atoms with E-state index >= 15 is 0 Å². The van der Waals surface area contributed by atoms with Gasteiger partial charge in [-0.05, 0) is 56.2 Å². The monoisotopic (exact) mass is 290 g/mol. The van der Waals surface area contributed by atoms with Crippen molar-refractivity contribution in [1.82, 2.24) is 5.32 Å². The topological polar surface area (TPSA) is 61.4 Å². The Kier molecular flexibility index (Phi) is 5.62. The van der Waals surface area contributed by atoms with Gasteiger partial charge in [0.15, 0.2) is 0 Å². The van der Waals surface area contributed by atoms with Crippen LogP contribution in [-0.2, 0) is 0 Å². The number of rotatable bonds is 4. The van der Waals surface area contributed by atoms with Crippen LogP contribution in [0.1, 0.15) is 57.6 Å². The van der Waals surface area contributed by atoms with Crippen molar-refractivity contribution in [3.05, 3.63) is 29.8 Å². The highest BCUT2D eigenvalue weighted by molar-refractivity contribution is 5.89. The first kappa shape index (κ1) is 15.8. The molecule has 21 heavy (non-hydrogen) atoms. The molecule has 1 fully saturated rings. The van der Waals surface area contributed by atoms with Crippen LogP contribution in [0, 0.1) is 5.92 Å². The number of aliphatic hydroxyl groups excluding tert-OH is 1. The van der Waals surface area contributed by atoms with Crippen LogP contribution < -0.4 is 10.6 Å². The molecule has 0 radical (unpaired) electrons. The molecule has 1 saturated carbocycles. The molecule has 116 valence electrons. The lowest BCUT2D eigenvalue weighted by atomic mass is 9.85. The second-order valence-electron chi connectivity index (χ2n) is 6.02. The van der Waals surface area contributed by atoms with Crippen LogP contribution in [0.15, 0.2) is 24.3 Å². The van der Waals surface area contributed by atoms with Crippen LogP contribution >= 0.6 is 0 Å². The van der Waals surface area contributed by atoms with Gasteiger partial charge in [-0.2, -0.15) is 0 Å². The summed E-state index contributed by atoms with van der Waals surface area (Å²) in [6.45, 7) is 3.96. The van der Waals surface area contributed by atoms with Crippen molar-refractivity contribution >= 4 is 11.7 Å². The Labute approximate surface area is 126 Å². The van der Waals surface area contributed by atoms with E-state index < -0.39 is 6.10 Å². The Hall–Kier alpha value is -1.55. The van der Waals surface area contributed by atoms with Gasteiger partial charge in [-0.1, -0.05) is 25.5 Å². The Balaban J connectivity index is 1.79. The predicted octanol–water partition coefficient (Wildman–Crippen LogP) is 3.83. The normalized spacial score (nSPS) is 23.4. The van der Waals surface area contributed by atoms with Gasteiger partial charge in [-0.15, -0.1) is 0 Å². The smallest absolute Gasteiger partial charge is 0.319 e. The number of benzene rings is 1. The second kappa shape index (κ2) is 7.46. The van der Waals surface area contributed by atoms with E-state index in [1.807, 2.05) is 24.3 Å². The molecule has 2 amide bonds. The van der Waals surface area contributed by atoms with E-state index in [2.05, 4.69) is 17.6 Å². The van der Waals surface area contributed by atoms with Gasteiger partial charge in [-0.25, -0.2) is 4.79 Å². The number of aliphatic hydroxyl groups is 1. The molecule has 4 heteroatoms. The summed E-state index contributed by atoms with van der Waals surface area (Å²) >= 11 is 0. The highest BCUT2D eigenvalue weighted by atomic mass is 16.3. The predicted molar refractivity (Wildman–Crippen MR) is 85.3 cm³/mol. The van der Waals surface area contributed by atoms with Crippen molar-refractivity contribution < 1.29 is 9.90 Å². The van der Waals surface area contributed by atoms with Gasteiger partial charge < -0.3 is 15.7 Å². The molecular formula is C17H26N2O2. The van der Waals surface area contributed by atoms with E-state index in [1.165, 1.54) is 19.3 Å². The molecule has 0 bridgehead atoms. The van der Waals surface area contributed by atoms with E-state index in [0.29, 0.717) is 6.04 Å². The molecule has 1 aliphatic rings. The quantitative estimate of drug-likeness (QED) is 0.789. The van der Waals surface area contributed by atoms with Crippen LogP contribution in [0.4, 0.5) is 10.5 Å². The van der Waals surface area contributed by atoms with Gasteiger partial charge in [0.2, 0.25) is 0 Å². The number of carbonyl (C=O) groups excluding carboxylic acids is 1. The Bertz CT molecular complexity index is 448. The highest BCUT2D eigenvalue weighted by Crippen LogP contribution is 2.26. The van der Waals surface area contributed by atoms with Crippen LogP contribution in [-0.4, -0.2) is 17.2 Å². The van der Waals surface area contributed by atoms with E-state index in [4.69, 9.17) is 0 Å². The summed E-state index contributed by atoms with van der Waals surface area (Å²) in [5.41, 5.74) is 1.60. The number of hydrogen-bond donors (Lipinski definition) is 3. The van der Waals surface area contributed by atoms with Crippen LogP contribution in [0.3, 0.4) is 0 Å².